The Morgan fingerprint density at radius 2 is 1.91 bits per heavy atom. The van der Waals surface area contributed by atoms with Crippen LogP contribution in [-0.2, 0) is 17.6 Å². The molecule has 0 spiro atoms. The summed E-state index contributed by atoms with van der Waals surface area (Å²) < 4.78 is 12.9. The summed E-state index contributed by atoms with van der Waals surface area (Å²) in [6.07, 6.45) is 3.58. The lowest BCUT2D eigenvalue weighted by atomic mass is 10.1. The number of H-pyrrole nitrogens is 2. The van der Waals surface area contributed by atoms with E-state index in [0.717, 1.165) is 11.1 Å². The van der Waals surface area contributed by atoms with E-state index in [4.69, 9.17) is 0 Å². The highest BCUT2D eigenvalue weighted by Crippen LogP contribution is 2.12. The number of Topliss-reactive ketones (excluding diaryl/α,β-unsaturated/α-hetero) is 2. The minimum Gasteiger partial charge on any atom is -0.364 e. The summed E-state index contributed by atoms with van der Waals surface area (Å²) in [5.74, 6) is -1.71. The number of aromatic amines is 2. The molecule has 0 saturated heterocycles. The van der Waals surface area contributed by atoms with Crippen molar-refractivity contribution in [3.05, 3.63) is 71.3 Å². The lowest BCUT2D eigenvalue weighted by molar-refractivity contribution is -0.114. The number of carbonyl (C=O) groups is 2. The first-order valence-corrected chi connectivity index (χ1v) is 6.96. The minimum atomic E-state index is -0.721. The Morgan fingerprint density at radius 3 is 2.61 bits per heavy atom. The van der Waals surface area contributed by atoms with Gasteiger partial charge in [0.2, 0.25) is 11.6 Å². The van der Waals surface area contributed by atoms with Gasteiger partial charge in [-0.2, -0.15) is 0 Å². The van der Waals surface area contributed by atoms with Crippen molar-refractivity contribution in [2.24, 2.45) is 0 Å². The molecule has 0 aliphatic carbocycles. The zero-order chi connectivity index (χ0) is 16.2. The average Bonchev–Trinajstić information content (AvgIpc) is 3.21. The Bertz CT molecular complexity index is 822. The zero-order valence-electron chi connectivity index (χ0n) is 12.0. The van der Waals surface area contributed by atoms with E-state index in [-0.39, 0.29) is 18.1 Å². The first-order chi connectivity index (χ1) is 11.1. The number of hydrogen-bond acceptors (Lipinski definition) is 4. The van der Waals surface area contributed by atoms with Crippen molar-refractivity contribution in [2.45, 2.75) is 12.8 Å². The molecule has 23 heavy (non-hydrogen) atoms. The van der Waals surface area contributed by atoms with Crippen LogP contribution in [0.5, 0.6) is 0 Å². The van der Waals surface area contributed by atoms with Crippen LogP contribution >= 0.6 is 0 Å². The molecular formula is C16H13FN4O2. The highest BCUT2D eigenvalue weighted by molar-refractivity contribution is 6.43. The Labute approximate surface area is 130 Å². The first-order valence-electron chi connectivity index (χ1n) is 6.96. The van der Waals surface area contributed by atoms with Crippen molar-refractivity contribution in [3.8, 4) is 0 Å². The zero-order valence-corrected chi connectivity index (χ0v) is 12.0. The monoisotopic (exact) mass is 312 g/mol. The summed E-state index contributed by atoms with van der Waals surface area (Å²) in [5.41, 5.74) is 2.54. The van der Waals surface area contributed by atoms with Gasteiger partial charge in [-0.3, -0.25) is 14.7 Å². The van der Waals surface area contributed by atoms with Gasteiger partial charge in [0.1, 0.15) is 12.1 Å². The largest absolute Gasteiger partial charge is 0.364 e. The maximum absolute atomic E-state index is 12.9. The van der Waals surface area contributed by atoms with E-state index < -0.39 is 11.6 Å². The molecule has 1 aromatic carbocycles. The van der Waals surface area contributed by atoms with E-state index in [1.807, 2.05) is 6.07 Å². The van der Waals surface area contributed by atoms with E-state index in [1.165, 1.54) is 18.5 Å². The number of rotatable bonds is 6. The van der Waals surface area contributed by atoms with Gasteiger partial charge in [-0.05, 0) is 35.7 Å². The predicted octanol–water partition coefficient (Wildman–Crippen LogP) is 1.86. The number of benzene rings is 1. The van der Waals surface area contributed by atoms with Crippen LogP contribution in [-0.4, -0.2) is 31.7 Å². The first kappa shape index (κ1) is 14.8. The summed E-state index contributed by atoms with van der Waals surface area (Å²) >= 11 is 0. The van der Waals surface area contributed by atoms with Crippen molar-refractivity contribution in [1.29, 1.82) is 0 Å². The fourth-order valence-electron chi connectivity index (χ4n) is 2.23. The van der Waals surface area contributed by atoms with E-state index in [0.29, 0.717) is 12.1 Å². The van der Waals surface area contributed by atoms with Gasteiger partial charge in [-0.1, -0.05) is 12.1 Å². The lowest BCUT2D eigenvalue weighted by Gasteiger charge is -1.98. The van der Waals surface area contributed by atoms with Gasteiger partial charge in [-0.15, -0.1) is 5.10 Å². The molecule has 6 nitrogen and oxygen atoms in total. The second-order valence-corrected chi connectivity index (χ2v) is 5.09. The maximum Gasteiger partial charge on any atom is 0.267 e. The number of hydrogen-bond donors (Lipinski definition) is 2. The number of nitrogens with one attached hydrogen (secondary N) is 2. The Morgan fingerprint density at radius 1 is 1.13 bits per heavy atom. The minimum absolute atomic E-state index is 0.0449. The molecule has 0 bridgehead atoms. The molecule has 2 heterocycles. The van der Waals surface area contributed by atoms with Crippen LogP contribution in [0.15, 0.2) is 42.9 Å². The molecule has 0 radical (unpaired) electrons. The van der Waals surface area contributed by atoms with Crippen molar-refractivity contribution < 1.29 is 14.0 Å². The van der Waals surface area contributed by atoms with Gasteiger partial charge in [0.05, 0.1) is 6.42 Å². The summed E-state index contributed by atoms with van der Waals surface area (Å²) in [6.45, 7) is 0. The fourth-order valence-corrected chi connectivity index (χ4v) is 2.23. The molecule has 116 valence electrons. The standard InChI is InChI=1S/C16H13FN4O2/c17-12-3-1-10(2-4-12)5-11-6-13(18-8-11)7-14(22)15(23)16-19-9-20-21-16/h1-4,6,8-9,18H,5,7H2,(H,19,20,21). The lowest BCUT2D eigenvalue weighted by Crippen LogP contribution is -2.18. The molecule has 0 fully saturated rings. The fraction of sp³-hybridized carbons (Fsp3) is 0.125. The molecule has 0 saturated carbocycles. The maximum atomic E-state index is 12.9. The third-order valence-corrected chi connectivity index (χ3v) is 3.35. The van der Waals surface area contributed by atoms with E-state index in [1.54, 1.807) is 18.3 Å². The second-order valence-electron chi connectivity index (χ2n) is 5.09. The van der Waals surface area contributed by atoms with Crippen LogP contribution in [0.1, 0.15) is 27.4 Å². The van der Waals surface area contributed by atoms with Gasteiger partial charge >= 0.3 is 0 Å². The van der Waals surface area contributed by atoms with Crippen molar-refractivity contribution in [1.82, 2.24) is 20.2 Å². The van der Waals surface area contributed by atoms with E-state index in [9.17, 15) is 14.0 Å². The summed E-state index contributed by atoms with van der Waals surface area (Å²) in [7, 11) is 0. The van der Waals surface area contributed by atoms with Crippen LogP contribution in [0, 0.1) is 5.82 Å². The molecule has 0 unspecified atom stereocenters. The van der Waals surface area contributed by atoms with Gasteiger partial charge in [0, 0.05) is 11.9 Å². The van der Waals surface area contributed by atoms with Crippen molar-refractivity contribution in [3.63, 3.8) is 0 Å². The molecule has 0 aliphatic rings. The molecule has 0 atom stereocenters. The molecule has 3 rings (SSSR count). The molecule has 2 N–H and O–H groups in total. The third-order valence-electron chi connectivity index (χ3n) is 3.35. The number of aromatic nitrogens is 4. The average molecular weight is 312 g/mol. The molecule has 0 aliphatic heterocycles. The normalized spacial score (nSPS) is 10.7. The SMILES string of the molecule is O=C(Cc1cc(Cc2ccc(F)cc2)c[nH]1)C(=O)c1nc[nH]n1. The second kappa shape index (κ2) is 6.35. The summed E-state index contributed by atoms with van der Waals surface area (Å²) in [6, 6.07) is 8.04. The van der Waals surface area contributed by atoms with Crippen LogP contribution < -0.4 is 0 Å². The Hall–Kier alpha value is -3.09. The van der Waals surface area contributed by atoms with Crippen molar-refractivity contribution in [2.75, 3.05) is 0 Å². The topological polar surface area (TPSA) is 91.5 Å². The van der Waals surface area contributed by atoms with Crippen LogP contribution in [0.4, 0.5) is 4.39 Å². The number of ketones is 2. The van der Waals surface area contributed by atoms with Gasteiger partial charge < -0.3 is 4.98 Å². The summed E-state index contributed by atoms with van der Waals surface area (Å²) in [5, 5.41) is 6.00. The van der Waals surface area contributed by atoms with Crippen LogP contribution in [0.25, 0.3) is 0 Å². The molecule has 2 aromatic heterocycles. The van der Waals surface area contributed by atoms with Gasteiger partial charge in [0.25, 0.3) is 5.78 Å². The van der Waals surface area contributed by atoms with E-state index in [2.05, 4.69) is 20.2 Å². The van der Waals surface area contributed by atoms with Crippen LogP contribution in [0.2, 0.25) is 0 Å². The number of nitrogens with zero attached hydrogens (tertiary/aromatic N) is 2. The quantitative estimate of drug-likeness (QED) is 0.537. The third kappa shape index (κ3) is 3.57. The molecule has 0 amide bonds. The smallest absolute Gasteiger partial charge is 0.267 e. The van der Waals surface area contributed by atoms with E-state index >= 15 is 0 Å². The summed E-state index contributed by atoms with van der Waals surface area (Å²) in [4.78, 5) is 30.3. The predicted molar refractivity (Wildman–Crippen MR) is 79.4 cm³/mol. The highest BCUT2D eigenvalue weighted by atomic mass is 19.1. The number of halogens is 1. The molecule has 3 aromatic rings. The van der Waals surface area contributed by atoms with Gasteiger partial charge in [0.15, 0.2) is 0 Å². The Kier molecular flexibility index (Phi) is 4.09. The Balaban J connectivity index is 1.64. The van der Waals surface area contributed by atoms with Gasteiger partial charge in [-0.25, -0.2) is 9.37 Å². The molecule has 7 heteroatoms. The van der Waals surface area contributed by atoms with Crippen molar-refractivity contribution >= 4 is 11.6 Å². The highest BCUT2D eigenvalue weighted by Gasteiger charge is 2.20. The molecular weight excluding hydrogens is 299 g/mol. The number of carbonyl (C=O) groups excluding carboxylic acids is 2. The van der Waals surface area contributed by atoms with Crippen LogP contribution in [0.3, 0.4) is 0 Å².